The number of halogens is 2. The minimum Gasteiger partial charge on any atom is -0.399 e. The van der Waals surface area contributed by atoms with Gasteiger partial charge in [0.15, 0.2) is 9.84 Å². The molecule has 5 nitrogen and oxygen atoms in total. The Hall–Kier alpha value is -2.12. The molecule has 3 N–H and O–H groups in total. The fourth-order valence-electron chi connectivity index (χ4n) is 3.46. The minimum absolute atomic E-state index is 0. The molecule has 0 radical (unpaired) electrons. The molecule has 1 aliphatic carbocycles. The SMILES string of the molecule is CC(CC(=O)NC1CCCc2cc(N)ccc21)S(=O)(=O)c1ccc(F)cc1.Cl. The van der Waals surface area contributed by atoms with Crippen molar-refractivity contribution in [2.24, 2.45) is 0 Å². The van der Waals surface area contributed by atoms with Gasteiger partial charge in [-0.05, 0) is 73.7 Å². The van der Waals surface area contributed by atoms with Gasteiger partial charge in [-0.25, -0.2) is 12.8 Å². The molecule has 2 unspecified atom stereocenters. The maximum absolute atomic E-state index is 13.0. The van der Waals surface area contributed by atoms with Crippen molar-refractivity contribution in [3.63, 3.8) is 0 Å². The van der Waals surface area contributed by atoms with Gasteiger partial charge in [0, 0.05) is 12.1 Å². The van der Waals surface area contributed by atoms with Crippen molar-refractivity contribution in [2.75, 3.05) is 5.73 Å². The molecular formula is C20H24ClFN2O3S. The highest BCUT2D eigenvalue weighted by atomic mass is 35.5. The Kier molecular flexibility index (Phi) is 7.06. The zero-order chi connectivity index (χ0) is 19.6. The largest absolute Gasteiger partial charge is 0.399 e. The van der Waals surface area contributed by atoms with Crippen LogP contribution in [0.3, 0.4) is 0 Å². The Labute approximate surface area is 170 Å². The molecule has 0 spiro atoms. The summed E-state index contributed by atoms with van der Waals surface area (Å²) in [6, 6.07) is 10.2. The van der Waals surface area contributed by atoms with E-state index >= 15 is 0 Å². The van der Waals surface area contributed by atoms with Crippen molar-refractivity contribution in [3.8, 4) is 0 Å². The maximum Gasteiger partial charge on any atom is 0.221 e. The smallest absolute Gasteiger partial charge is 0.221 e. The number of carbonyl (C=O) groups is 1. The van der Waals surface area contributed by atoms with E-state index in [1.54, 1.807) is 0 Å². The van der Waals surface area contributed by atoms with Crippen LogP contribution in [-0.4, -0.2) is 19.6 Å². The highest BCUT2D eigenvalue weighted by Gasteiger charge is 2.28. The van der Waals surface area contributed by atoms with Gasteiger partial charge in [-0.2, -0.15) is 0 Å². The number of nitrogen functional groups attached to an aromatic ring is 1. The summed E-state index contributed by atoms with van der Waals surface area (Å²) in [5.74, 6) is -0.821. The number of sulfone groups is 1. The number of hydrogen-bond donors (Lipinski definition) is 2. The Morgan fingerprint density at radius 2 is 1.93 bits per heavy atom. The molecule has 8 heteroatoms. The van der Waals surface area contributed by atoms with Gasteiger partial charge < -0.3 is 11.1 Å². The molecule has 0 saturated heterocycles. The van der Waals surface area contributed by atoms with Gasteiger partial charge in [-0.1, -0.05) is 6.07 Å². The van der Waals surface area contributed by atoms with Crippen LogP contribution in [0.2, 0.25) is 0 Å². The monoisotopic (exact) mass is 426 g/mol. The number of aryl methyl sites for hydroxylation is 1. The molecule has 0 fully saturated rings. The van der Waals surface area contributed by atoms with Crippen LogP contribution in [0, 0.1) is 5.82 Å². The molecule has 0 aliphatic heterocycles. The summed E-state index contributed by atoms with van der Waals surface area (Å²) in [6.07, 6.45) is 2.51. The summed E-state index contributed by atoms with van der Waals surface area (Å²) in [7, 11) is -3.70. The summed E-state index contributed by atoms with van der Waals surface area (Å²) in [4.78, 5) is 12.5. The van der Waals surface area contributed by atoms with Crippen molar-refractivity contribution in [1.29, 1.82) is 0 Å². The van der Waals surface area contributed by atoms with E-state index in [0.29, 0.717) is 5.69 Å². The summed E-state index contributed by atoms with van der Waals surface area (Å²) in [5.41, 5.74) is 8.69. The molecule has 152 valence electrons. The van der Waals surface area contributed by atoms with Crippen LogP contribution in [0.1, 0.15) is 43.4 Å². The highest BCUT2D eigenvalue weighted by molar-refractivity contribution is 7.92. The van der Waals surface area contributed by atoms with Crippen molar-refractivity contribution in [2.45, 2.75) is 48.8 Å². The number of rotatable bonds is 5. The zero-order valence-corrected chi connectivity index (χ0v) is 17.2. The second-order valence-corrected chi connectivity index (χ2v) is 9.35. The highest BCUT2D eigenvalue weighted by Crippen LogP contribution is 2.31. The number of hydrogen-bond acceptors (Lipinski definition) is 4. The zero-order valence-electron chi connectivity index (χ0n) is 15.5. The van der Waals surface area contributed by atoms with E-state index in [1.807, 2.05) is 18.2 Å². The molecule has 2 aromatic rings. The minimum atomic E-state index is -3.70. The number of benzene rings is 2. The number of amides is 1. The van der Waals surface area contributed by atoms with Crippen LogP contribution in [0.5, 0.6) is 0 Å². The maximum atomic E-state index is 13.0. The first-order valence-electron chi connectivity index (χ1n) is 8.94. The van der Waals surface area contributed by atoms with E-state index in [9.17, 15) is 17.6 Å². The van der Waals surface area contributed by atoms with Gasteiger partial charge in [0.2, 0.25) is 5.91 Å². The van der Waals surface area contributed by atoms with Gasteiger partial charge >= 0.3 is 0 Å². The van der Waals surface area contributed by atoms with Crippen molar-refractivity contribution in [3.05, 3.63) is 59.4 Å². The lowest BCUT2D eigenvalue weighted by Gasteiger charge is -2.27. The van der Waals surface area contributed by atoms with Crippen LogP contribution < -0.4 is 11.1 Å². The second kappa shape index (κ2) is 8.92. The first-order chi connectivity index (χ1) is 12.8. The number of nitrogens with two attached hydrogens (primary N) is 1. The predicted molar refractivity (Wildman–Crippen MR) is 110 cm³/mol. The van der Waals surface area contributed by atoms with Crippen LogP contribution >= 0.6 is 12.4 Å². The van der Waals surface area contributed by atoms with E-state index in [2.05, 4.69) is 5.32 Å². The molecular weight excluding hydrogens is 403 g/mol. The summed E-state index contributed by atoms with van der Waals surface area (Å²) in [6.45, 7) is 1.49. The Morgan fingerprint density at radius 3 is 2.61 bits per heavy atom. The Morgan fingerprint density at radius 1 is 1.25 bits per heavy atom. The second-order valence-electron chi connectivity index (χ2n) is 6.98. The van der Waals surface area contributed by atoms with Crippen LogP contribution in [-0.2, 0) is 21.1 Å². The predicted octanol–water partition coefficient (Wildman–Crippen LogP) is 3.58. The number of anilines is 1. The number of nitrogens with one attached hydrogen (secondary N) is 1. The van der Waals surface area contributed by atoms with Crippen LogP contribution in [0.25, 0.3) is 0 Å². The standard InChI is InChI=1S/C20H23FN2O3S.ClH/c1-13(27(25,26)17-8-5-15(21)6-9-17)11-20(24)23-19-4-2-3-14-12-16(22)7-10-18(14)19;/h5-10,12-13,19H,2-4,11,22H2,1H3,(H,23,24);1H. The first kappa shape index (κ1) is 22.2. The van der Waals surface area contributed by atoms with E-state index in [4.69, 9.17) is 5.73 Å². The summed E-state index contributed by atoms with van der Waals surface area (Å²) >= 11 is 0. The lowest BCUT2D eigenvalue weighted by Crippen LogP contribution is -2.34. The molecule has 28 heavy (non-hydrogen) atoms. The summed E-state index contributed by atoms with van der Waals surface area (Å²) in [5, 5.41) is 2.05. The molecule has 1 aliphatic rings. The van der Waals surface area contributed by atoms with Gasteiger partial charge in [0.05, 0.1) is 16.2 Å². The van der Waals surface area contributed by atoms with Crippen LogP contribution in [0.4, 0.5) is 10.1 Å². The van der Waals surface area contributed by atoms with E-state index in [-0.39, 0.29) is 35.7 Å². The average Bonchev–Trinajstić information content (AvgIpc) is 2.61. The topological polar surface area (TPSA) is 89.3 Å². The fourth-order valence-corrected chi connectivity index (χ4v) is 4.82. The van der Waals surface area contributed by atoms with Gasteiger partial charge in [-0.3, -0.25) is 4.79 Å². The lowest BCUT2D eigenvalue weighted by atomic mass is 9.87. The number of carbonyl (C=O) groups excluding carboxylic acids is 1. The molecule has 0 heterocycles. The van der Waals surface area contributed by atoms with E-state index in [1.165, 1.54) is 19.1 Å². The van der Waals surface area contributed by atoms with Crippen LogP contribution in [0.15, 0.2) is 47.4 Å². The molecule has 3 rings (SSSR count). The summed E-state index contributed by atoms with van der Waals surface area (Å²) < 4.78 is 38.2. The van der Waals surface area contributed by atoms with Crippen molar-refractivity contribution in [1.82, 2.24) is 5.32 Å². The van der Waals surface area contributed by atoms with Gasteiger partial charge in [0.1, 0.15) is 5.82 Å². The number of fused-ring (bicyclic) bond motifs is 1. The Balaban J connectivity index is 0.00000280. The third-order valence-corrected chi connectivity index (χ3v) is 7.12. The van der Waals surface area contributed by atoms with Gasteiger partial charge in [-0.15, -0.1) is 12.4 Å². The molecule has 0 saturated carbocycles. The Bertz CT molecular complexity index is 948. The molecule has 2 atom stereocenters. The molecule has 1 amide bonds. The molecule has 0 bridgehead atoms. The third kappa shape index (κ3) is 4.83. The quantitative estimate of drug-likeness (QED) is 0.565. The lowest BCUT2D eigenvalue weighted by molar-refractivity contribution is -0.121. The third-order valence-electron chi connectivity index (χ3n) is 4.96. The van der Waals surface area contributed by atoms with E-state index in [0.717, 1.165) is 42.5 Å². The van der Waals surface area contributed by atoms with Crippen molar-refractivity contribution >= 4 is 33.8 Å². The van der Waals surface area contributed by atoms with Crippen molar-refractivity contribution < 1.29 is 17.6 Å². The first-order valence-corrected chi connectivity index (χ1v) is 10.5. The fraction of sp³-hybridized carbons (Fsp3) is 0.350. The van der Waals surface area contributed by atoms with Gasteiger partial charge in [0.25, 0.3) is 0 Å². The van der Waals surface area contributed by atoms with E-state index < -0.39 is 20.9 Å². The molecule has 0 aromatic heterocycles. The normalized spacial score (nSPS) is 17.1. The molecule has 2 aromatic carbocycles. The average molecular weight is 427 g/mol.